The first-order chi connectivity index (χ1) is 12.4. The lowest BCUT2D eigenvalue weighted by molar-refractivity contribution is -0.384. The van der Waals surface area contributed by atoms with E-state index in [1.54, 1.807) is 25.2 Å². The molecule has 7 nitrogen and oxygen atoms in total. The minimum absolute atomic E-state index is 0.00694. The van der Waals surface area contributed by atoms with Crippen molar-refractivity contribution >= 4 is 40.2 Å². The Morgan fingerprint density at radius 2 is 2.23 bits per heavy atom. The first-order valence-electron chi connectivity index (χ1n) is 7.86. The smallest absolute Gasteiger partial charge is 0.269 e. The summed E-state index contributed by atoms with van der Waals surface area (Å²) >= 11 is 7.31. The number of rotatable bonds is 5. The van der Waals surface area contributed by atoms with Gasteiger partial charge in [0.1, 0.15) is 5.71 Å². The van der Waals surface area contributed by atoms with Crippen molar-refractivity contribution < 1.29 is 14.6 Å². The van der Waals surface area contributed by atoms with Crippen LogP contribution in [0, 0.1) is 10.1 Å². The predicted octanol–water partition coefficient (Wildman–Crippen LogP) is 4.02. The third-order valence-corrected chi connectivity index (χ3v) is 5.57. The molecule has 3 rings (SSSR count). The zero-order valence-corrected chi connectivity index (χ0v) is 15.7. The molecule has 26 heavy (non-hydrogen) atoms. The van der Waals surface area contributed by atoms with Crippen molar-refractivity contribution in [1.29, 1.82) is 0 Å². The maximum Gasteiger partial charge on any atom is 0.269 e. The number of non-ortho nitro benzene ring substituents is 1. The fourth-order valence-corrected chi connectivity index (χ4v) is 3.70. The molecule has 0 bridgehead atoms. The zero-order chi connectivity index (χ0) is 18.8. The molecule has 0 N–H and O–H groups in total. The van der Waals surface area contributed by atoms with Gasteiger partial charge in [-0.2, -0.15) is 0 Å². The molecule has 0 saturated heterocycles. The predicted molar refractivity (Wildman–Crippen MR) is 99.6 cm³/mol. The number of nitrogens with zero attached hydrogens (tertiary/aromatic N) is 3. The van der Waals surface area contributed by atoms with E-state index in [-0.39, 0.29) is 17.6 Å². The molecule has 9 heteroatoms. The molecule has 2 heterocycles. The molecular formula is C17H16ClN3O4S. The van der Waals surface area contributed by atoms with Crippen LogP contribution in [-0.2, 0) is 9.63 Å². The number of nitro benzene ring substituents is 1. The molecule has 0 spiro atoms. The Balaban J connectivity index is 1.68. The highest BCUT2D eigenvalue weighted by Crippen LogP contribution is 2.28. The van der Waals surface area contributed by atoms with Crippen molar-refractivity contribution in [2.45, 2.75) is 25.5 Å². The van der Waals surface area contributed by atoms with Gasteiger partial charge in [-0.3, -0.25) is 14.9 Å². The second kappa shape index (κ2) is 7.43. The van der Waals surface area contributed by atoms with Crippen molar-refractivity contribution in [3.8, 4) is 0 Å². The molecule has 1 aliphatic heterocycles. The molecule has 2 aromatic rings. The van der Waals surface area contributed by atoms with Gasteiger partial charge in [0.2, 0.25) is 6.10 Å². The van der Waals surface area contributed by atoms with Gasteiger partial charge in [0.25, 0.3) is 11.6 Å². The first kappa shape index (κ1) is 18.3. The van der Waals surface area contributed by atoms with Crippen LogP contribution in [0.3, 0.4) is 0 Å². The monoisotopic (exact) mass is 393 g/mol. The second-order valence-electron chi connectivity index (χ2n) is 5.92. The van der Waals surface area contributed by atoms with E-state index in [9.17, 15) is 14.9 Å². The summed E-state index contributed by atoms with van der Waals surface area (Å²) < 4.78 is 0.647. The summed E-state index contributed by atoms with van der Waals surface area (Å²) in [5.74, 6) is -0.231. The molecule has 0 aliphatic carbocycles. The number of amides is 1. The van der Waals surface area contributed by atoms with Crippen LogP contribution in [0.15, 0.2) is 41.6 Å². The van der Waals surface area contributed by atoms with Crippen LogP contribution in [0.1, 0.15) is 29.8 Å². The van der Waals surface area contributed by atoms with Crippen molar-refractivity contribution in [3.05, 3.63) is 61.3 Å². The van der Waals surface area contributed by atoms with Crippen LogP contribution in [0.25, 0.3) is 0 Å². The van der Waals surface area contributed by atoms with E-state index >= 15 is 0 Å². The molecular weight excluding hydrogens is 378 g/mol. The quantitative estimate of drug-likeness (QED) is 0.567. The second-order valence-corrected chi connectivity index (χ2v) is 7.63. The van der Waals surface area contributed by atoms with Gasteiger partial charge in [-0.05, 0) is 24.6 Å². The van der Waals surface area contributed by atoms with Crippen LogP contribution < -0.4 is 0 Å². The van der Waals surface area contributed by atoms with Crippen LogP contribution in [0.5, 0.6) is 0 Å². The minimum atomic E-state index is -0.711. The topological polar surface area (TPSA) is 85.0 Å². The van der Waals surface area contributed by atoms with E-state index in [1.165, 1.54) is 28.4 Å². The standard InChI is InChI=1S/C17H16ClN3O4S/c1-10(11-4-3-5-12(8-11)21(23)24)20(2)17(22)14-9-13(19-25-14)15-6-7-16(18)26-15/h3-8,10,14H,9H2,1-2H3/t10-,14+/m0/s1. The Morgan fingerprint density at radius 3 is 2.88 bits per heavy atom. The average molecular weight is 394 g/mol. The summed E-state index contributed by atoms with van der Waals surface area (Å²) in [6.07, 6.45) is -0.348. The number of halogens is 1. The summed E-state index contributed by atoms with van der Waals surface area (Å²) in [6.45, 7) is 1.81. The van der Waals surface area contributed by atoms with Gasteiger partial charge in [-0.15, -0.1) is 11.3 Å². The summed E-state index contributed by atoms with van der Waals surface area (Å²) in [6, 6.07) is 9.53. The van der Waals surface area contributed by atoms with Gasteiger partial charge < -0.3 is 9.74 Å². The SMILES string of the molecule is C[C@@H](c1cccc([N+](=O)[O-])c1)N(C)C(=O)[C@H]1CC(c2ccc(Cl)s2)=NO1. The average Bonchev–Trinajstić information content (AvgIpc) is 3.28. The van der Waals surface area contributed by atoms with E-state index < -0.39 is 11.0 Å². The third-order valence-electron chi connectivity index (χ3n) is 4.29. The summed E-state index contributed by atoms with van der Waals surface area (Å²) in [4.78, 5) is 30.9. The molecule has 1 amide bonds. The number of hydrogen-bond donors (Lipinski definition) is 0. The van der Waals surface area contributed by atoms with E-state index in [0.717, 1.165) is 4.88 Å². The summed E-state index contributed by atoms with van der Waals surface area (Å²) in [7, 11) is 1.65. The van der Waals surface area contributed by atoms with E-state index in [2.05, 4.69) is 5.16 Å². The molecule has 1 aliphatic rings. The molecule has 1 aromatic heterocycles. The first-order valence-corrected chi connectivity index (χ1v) is 9.05. The van der Waals surface area contributed by atoms with Gasteiger partial charge in [-0.1, -0.05) is 28.9 Å². The maximum absolute atomic E-state index is 12.7. The van der Waals surface area contributed by atoms with Crippen molar-refractivity contribution in [2.75, 3.05) is 7.05 Å². The van der Waals surface area contributed by atoms with Gasteiger partial charge >= 0.3 is 0 Å². The number of oxime groups is 1. The number of hydrogen-bond acceptors (Lipinski definition) is 6. The fraction of sp³-hybridized carbons (Fsp3) is 0.294. The fourth-order valence-electron chi connectivity index (χ4n) is 2.66. The third kappa shape index (κ3) is 3.71. The lowest BCUT2D eigenvalue weighted by Gasteiger charge is -2.26. The summed E-state index contributed by atoms with van der Waals surface area (Å²) in [5, 5.41) is 14.9. The lowest BCUT2D eigenvalue weighted by Crippen LogP contribution is -2.38. The largest absolute Gasteiger partial charge is 0.382 e. The highest BCUT2D eigenvalue weighted by Gasteiger charge is 2.33. The Morgan fingerprint density at radius 1 is 1.46 bits per heavy atom. The highest BCUT2D eigenvalue weighted by atomic mass is 35.5. The highest BCUT2D eigenvalue weighted by molar-refractivity contribution is 7.18. The number of thiophene rings is 1. The van der Waals surface area contributed by atoms with Gasteiger partial charge in [0.05, 0.1) is 20.2 Å². The zero-order valence-electron chi connectivity index (χ0n) is 14.1. The number of benzene rings is 1. The Kier molecular flexibility index (Phi) is 5.24. The van der Waals surface area contributed by atoms with Crippen LogP contribution in [0.4, 0.5) is 5.69 Å². The van der Waals surface area contributed by atoms with E-state index in [0.29, 0.717) is 22.0 Å². The van der Waals surface area contributed by atoms with Crippen molar-refractivity contribution in [1.82, 2.24) is 4.90 Å². The Bertz CT molecular complexity index is 882. The molecule has 0 fully saturated rings. The van der Waals surface area contributed by atoms with E-state index in [4.69, 9.17) is 16.4 Å². The Hall–Kier alpha value is -2.45. The number of likely N-dealkylation sites (N-methyl/N-ethyl adjacent to an activating group) is 1. The molecule has 0 saturated carbocycles. The minimum Gasteiger partial charge on any atom is -0.382 e. The molecule has 1 aromatic carbocycles. The van der Waals surface area contributed by atoms with Gasteiger partial charge in [0, 0.05) is 25.6 Å². The van der Waals surface area contributed by atoms with Crippen molar-refractivity contribution in [2.24, 2.45) is 5.16 Å². The van der Waals surface area contributed by atoms with Crippen LogP contribution >= 0.6 is 22.9 Å². The Labute approximate surface area is 159 Å². The number of nitro groups is 1. The maximum atomic E-state index is 12.7. The van der Waals surface area contributed by atoms with Crippen molar-refractivity contribution in [3.63, 3.8) is 0 Å². The molecule has 136 valence electrons. The molecule has 2 atom stereocenters. The van der Waals surface area contributed by atoms with Gasteiger partial charge in [-0.25, -0.2) is 0 Å². The van der Waals surface area contributed by atoms with E-state index in [1.807, 2.05) is 13.0 Å². The molecule has 0 radical (unpaired) electrons. The van der Waals surface area contributed by atoms with Crippen LogP contribution in [0.2, 0.25) is 4.34 Å². The number of carbonyl (C=O) groups excluding carboxylic acids is 1. The summed E-state index contributed by atoms with van der Waals surface area (Å²) in [5.41, 5.74) is 1.36. The van der Waals surface area contributed by atoms with Gasteiger partial charge in [0.15, 0.2) is 0 Å². The lowest BCUT2D eigenvalue weighted by atomic mass is 10.0. The van der Waals surface area contributed by atoms with Crippen LogP contribution in [-0.4, -0.2) is 34.6 Å². The normalized spacial score (nSPS) is 17.3. The number of carbonyl (C=O) groups is 1. The molecule has 0 unspecified atom stereocenters.